The van der Waals surface area contributed by atoms with Crippen molar-refractivity contribution in [3.63, 3.8) is 0 Å². The number of hydrogen-bond donors (Lipinski definition) is 2. The predicted molar refractivity (Wildman–Crippen MR) is 66.3 cm³/mol. The van der Waals surface area contributed by atoms with E-state index >= 15 is 0 Å². The summed E-state index contributed by atoms with van der Waals surface area (Å²) in [5.41, 5.74) is 0. The van der Waals surface area contributed by atoms with Gasteiger partial charge in [-0.25, -0.2) is 0 Å². The van der Waals surface area contributed by atoms with E-state index in [1.165, 1.54) is 0 Å². The maximum Gasteiger partial charge on any atom is 0.311 e. The number of carbonyl (C=O) groups is 2. The minimum absolute atomic E-state index is 0.00880. The van der Waals surface area contributed by atoms with Crippen LogP contribution in [0.5, 0.6) is 0 Å². The van der Waals surface area contributed by atoms with Gasteiger partial charge in [-0.1, -0.05) is 0 Å². The van der Waals surface area contributed by atoms with Gasteiger partial charge in [0.15, 0.2) is 0 Å². The quantitative estimate of drug-likeness (QED) is 0.625. The monoisotopic (exact) mass is 258 g/mol. The van der Waals surface area contributed by atoms with Crippen LogP contribution in [0.4, 0.5) is 0 Å². The molecular weight excluding hydrogens is 236 g/mol. The van der Waals surface area contributed by atoms with Gasteiger partial charge >= 0.3 is 5.97 Å². The molecule has 0 aromatic heterocycles. The number of aliphatic carboxylic acids is 1. The minimum Gasteiger partial charge on any atom is -0.481 e. The molecule has 6 nitrogen and oxygen atoms in total. The molecule has 0 radical (unpaired) electrons. The molecule has 0 bridgehead atoms. The zero-order chi connectivity index (χ0) is 13.5. The standard InChI is InChI=1S/C12H22N2O4/c1-3-14(11(15)5-4-6-13-2)10-8-18-7-9(10)12(16)17/h9-10,13H,3-8H2,1-2H3,(H,16,17). The molecule has 1 saturated heterocycles. The van der Waals surface area contributed by atoms with E-state index in [9.17, 15) is 9.59 Å². The smallest absolute Gasteiger partial charge is 0.311 e. The molecule has 2 atom stereocenters. The van der Waals surface area contributed by atoms with Crippen molar-refractivity contribution < 1.29 is 19.4 Å². The Hall–Kier alpha value is -1.14. The van der Waals surface area contributed by atoms with E-state index in [0.717, 1.165) is 13.0 Å². The predicted octanol–water partition coefficient (Wildman–Crippen LogP) is -0.0659. The Labute approximate surface area is 107 Å². The zero-order valence-electron chi connectivity index (χ0n) is 11.0. The second kappa shape index (κ2) is 7.33. The molecule has 1 rings (SSSR count). The molecule has 104 valence electrons. The van der Waals surface area contributed by atoms with Crippen molar-refractivity contribution in [3.05, 3.63) is 0 Å². The molecule has 1 aliphatic heterocycles. The summed E-state index contributed by atoms with van der Waals surface area (Å²) in [5.74, 6) is -1.48. The summed E-state index contributed by atoms with van der Waals surface area (Å²) >= 11 is 0. The summed E-state index contributed by atoms with van der Waals surface area (Å²) in [6.45, 7) is 3.69. The number of carboxylic acid groups (broad SMARTS) is 1. The number of carboxylic acids is 1. The van der Waals surface area contributed by atoms with Gasteiger partial charge in [-0.2, -0.15) is 0 Å². The van der Waals surface area contributed by atoms with Gasteiger partial charge in [-0.05, 0) is 26.9 Å². The molecule has 18 heavy (non-hydrogen) atoms. The number of ether oxygens (including phenoxy) is 1. The molecule has 6 heteroatoms. The van der Waals surface area contributed by atoms with E-state index in [1.807, 2.05) is 14.0 Å². The Morgan fingerprint density at radius 1 is 1.44 bits per heavy atom. The van der Waals surface area contributed by atoms with Crippen molar-refractivity contribution >= 4 is 11.9 Å². The molecule has 0 spiro atoms. The van der Waals surface area contributed by atoms with Crippen LogP contribution in [-0.4, -0.2) is 61.3 Å². The zero-order valence-corrected chi connectivity index (χ0v) is 11.0. The highest BCUT2D eigenvalue weighted by atomic mass is 16.5. The van der Waals surface area contributed by atoms with Gasteiger partial charge in [0, 0.05) is 13.0 Å². The molecule has 0 aromatic carbocycles. The van der Waals surface area contributed by atoms with Gasteiger partial charge in [0.2, 0.25) is 5.91 Å². The third-order valence-electron chi connectivity index (χ3n) is 3.25. The summed E-state index contributed by atoms with van der Waals surface area (Å²) in [6.07, 6.45) is 1.20. The average Bonchev–Trinajstić information content (AvgIpc) is 2.79. The Morgan fingerprint density at radius 2 is 2.17 bits per heavy atom. The number of likely N-dealkylation sites (N-methyl/N-ethyl adjacent to an activating group) is 1. The first-order valence-electron chi connectivity index (χ1n) is 6.36. The van der Waals surface area contributed by atoms with Gasteiger partial charge in [0.1, 0.15) is 5.92 Å². The number of hydrogen-bond acceptors (Lipinski definition) is 4. The van der Waals surface area contributed by atoms with Crippen LogP contribution in [0.3, 0.4) is 0 Å². The highest BCUT2D eigenvalue weighted by molar-refractivity contribution is 5.78. The summed E-state index contributed by atoms with van der Waals surface area (Å²) in [5, 5.41) is 12.1. The number of nitrogens with zero attached hydrogens (tertiary/aromatic N) is 1. The summed E-state index contributed by atoms with van der Waals surface area (Å²) in [6, 6.07) is -0.324. The molecule has 2 unspecified atom stereocenters. The van der Waals surface area contributed by atoms with Crippen LogP contribution in [0.25, 0.3) is 0 Å². The van der Waals surface area contributed by atoms with Crippen molar-refractivity contribution in [2.24, 2.45) is 5.92 Å². The van der Waals surface area contributed by atoms with Gasteiger partial charge in [-0.15, -0.1) is 0 Å². The van der Waals surface area contributed by atoms with E-state index in [4.69, 9.17) is 9.84 Å². The first-order valence-corrected chi connectivity index (χ1v) is 6.36. The second-order valence-electron chi connectivity index (χ2n) is 4.44. The molecule has 1 aliphatic rings. The number of amides is 1. The van der Waals surface area contributed by atoms with Crippen LogP contribution in [0.2, 0.25) is 0 Å². The Balaban J connectivity index is 2.58. The van der Waals surface area contributed by atoms with E-state index in [-0.39, 0.29) is 18.6 Å². The molecule has 1 fully saturated rings. The average molecular weight is 258 g/mol. The van der Waals surface area contributed by atoms with Crippen LogP contribution in [0.1, 0.15) is 19.8 Å². The van der Waals surface area contributed by atoms with Crippen molar-refractivity contribution in [3.8, 4) is 0 Å². The lowest BCUT2D eigenvalue weighted by Gasteiger charge is -2.29. The fourth-order valence-electron chi connectivity index (χ4n) is 2.24. The van der Waals surface area contributed by atoms with Gasteiger partial charge in [0.25, 0.3) is 0 Å². The van der Waals surface area contributed by atoms with Crippen LogP contribution in [0, 0.1) is 5.92 Å². The van der Waals surface area contributed by atoms with Crippen LogP contribution in [0.15, 0.2) is 0 Å². The molecule has 0 aliphatic carbocycles. The topological polar surface area (TPSA) is 78.9 Å². The molecule has 0 saturated carbocycles. The lowest BCUT2D eigenvalue weighted by atomic mass is 10.0. The van der Waals surface area contributed by atoms with E-state index in [1.54, 1.807) is 4.90 Å². The molecule has 0 aromatic rings. The first kappa shape index (κ1) is 14.9. The highest BCUT2D eigenvalue weighted by Gasteiger charge is 2.39. The Morgan fingerprint density at radius 3 is 2.72 bits per heavy atom. The Kier molecular flexibility index (Phi) is 6.07. The molecule has 1 amide bonds. The van der Waals surface area contributed by atoms with E-state index in [2.05, 4.69) is 5.32 Å². The second-order valence-corrected chi connectivity index (χ2v) is 4.44. The van der Waals surface area contributed by atoms with E-state index < -0.39 is 11.9 Å². The normalized spacial score (nSPS) is 23.0. The Bertz CT molecular complexity index is 296. The summed E-state index contributed by atoms with van der Waals surface area (Å²) < 4.78 is 5.20. The van der Waals surface area contributed by atoms with Crippen LogP contribution < -0.4 is 5.32 Å². The van der Waals surface area contributed by atoms with Crippen molar-refractivity contribution in [2.45, 2.75) is 25.8 Å². The van der Waals surface area contributed by atoms with Crippen molar-refractivity contribution in [2.75, 3.05) is 33.4 Å². The maximum atomic E-state index is 12.1. The van der Waals surface area contributed by atoms with Gasteiger partial charge in [0.05, 0.1) is 19.3 Å². The fourth-order valence-corrected chi connectivity index (χ4v) is 2.24. The molecule has 1 heterocycles. The lowest BCUT2D eigenvalue weighted by Crippen LogP contribution is -2.46. The van der Waals surface area contributed by atoms with E-state index in [0.29, 0.717) is 19.6 Å². The first-order chi connectivity index (χ1) is 8.61. The summed E-state index contributed by atoms with van der Waals surface area (Å²) in [7, 11) is 1.84. The molecule has 2 N–H and O–H groups in total. The summed E-state index contributed by atoms with van der Waals surface area (Å²) in [4.78, 5) is 24.8. The number of nitrogens with one attached hydrogen (secondary N) is 1. The van der Waals surface area contributed by atoms with Crippen LogP contribution >= 0.6 is 0 Å². The fraction of sp³-hybridized carbons (Fsp3) is 0.833. The van der Waals surface area contributed by atoms with Crippen molar-refractivity contribution in [1.82, 2.24) is 10.2 Å². The third-order valence-corrected chi connectivity index (χ3v) is 3.25. The van der Waals surface area contributed by atoms with Crippen molar-refractivity contribution in [1.29, 1.82) is 0 Å². The molecular formula is C12H22N2O4. The minimum atomic E-state index is -0.890. The highest BCUT2D eigenvalue weighted by Crippen LogP contribution is 2.21. The number of rotatable bonds is 7. The largest absolute Gasteiger partial charge is 0.481 e. The van der Waals surface area contributed by atoms with Gasteiger partial charge < -0.3 is 20.1 Å². The van der Waals surface area contributed by atoms with Gasteiger partial charge in [-0.3, -0.25) is 9.59 Å². The number of carbonyl (C=O) groups excluding carboxylic acids is 1. The third kappa shape index (κ3) is 3.68. The van der Waals surface area contributed by atoms with Crippen LogP contribution in [-0.2, 0) is 14.3 Å². The lowest BCUT2D eigenvalue weighted by molar-refractivity contribution is -0.145. The maximum absolute atomic E-state index is 12.1. The SMILES string of the molecule is CCN(C(=O)CCCNC)C1COCC1C(=O)O.